The van der Waals surface area contributed by atoms with Crippen molar-refractivity contribution in [3.05, 3.63) is 11.6 Å². The van der Waals surface area contributed by atoms with E-state index in [4.69, 9.17) is 10.5 Å². The van der Waals surface area contributed by atoms with Gasteiger partial charge in [0, 0.05) is 27.2 Å². The second-order valence-corrected chi connectivity index (χ2v) is 2.89. The zero-order valence-corrected chi connectivity index (χ0v) is 8.16. The normalized spacial score (nSPS) is 10.7. The van der Waals surface area contributed by atoms with Crippen LogP contribution in [-0.4, -0.2) is 28.5 Å². The van der Waals surface area contributed by atoms with Crippen molar-refractivity contribution in [2.24, 2.45) is 12.8 Å². The molecule has 0 aliphatic rings. The first-order chi connectivity index (χ1) is 6.29. The fraction of sp³-hybridized carbons (Fsp3) is 0.750. The van der Waals surface area contributed by atoms with E-state index in [9.17, 15) is 0 Å². The van der Waals surface area contributed by atoms with E-state index in [1.807, 2.05) is 11.6 Å². The van der Waals surface area contributed by atoms with E-state index in [0.717, 1.165) is 31.1 Å². The second kappa shape index (κ2) is 4.94. The molecule has 0 saturated carbocycles. The van der Waals surface area contributed by atoms with Crippen molar-refractivity contribution >= 4 is 0 Å². The highest BCUT2D eigenvalue weighted by atomic mass is 16.5. The third-order valence-electron chi connectivity index (χ3n) is 1.99. The van der Waals surface area contributed by atoms with Crippen LogP contribution >= 0.6 is 0 Å². The van der Waals surface area contributed by atoms with E-state index in [0.29, 0.717) is 6.54 Å². The van der Waals surface area contributed by atoms with Gasteiger partial charge >= 0.3 is 0 Å². The Kier molecular flexibility index (Phi) is 3.85. The Balaban J connectivity index is 2.51. The monoisotopic (exact) mass is 184 g/mol. The standard InChI is InChI=1S/C8H16N4O/c1-12-7(4-3-5-13-2)10-11-8(12)6-9/h3-6,9H2,1-2H3. The first-order valence-corrected chi connectivity index (χ1v) is 4.35. The number of rotatable bonds is 5. The molecule has 1 aromatic rings. The van der Waals surface area contributed by atoms with Gasteiger partial charge in [0.25, 0.3) is 0 Å². The number of hydrogen-bond donors (Lipinski definition) is 1. The number of nitrogens with two attached hydrogens (primary N) is 1. The van der Waals surface area contributed by atoms with Gasteiger partial charge in [0.1, 0.15) is 11.6 Å². The minimum atomic E-state index is 0.438. The predicted molar refractivity (Wildman–Crippen MR) is 49.1 cm³/mol. The summed E-state index contributed by atoms with van der Waals surface area (Å²) in [5.41, 5.74) is 5.47. The maximum Gasteiger partial charge on any atom is 0.146 e. The first kappa shape index (κ1) is 10.1. The van der Waals surface area contributed by atoms with Gasteiger partial charge in [-0.1, -0.05) is 0 Å². The van der Waals surface area contributed by atoms with Crippen molar-refractivity contribution in [3.8, 4) is 0 Å². The summed E-state index contributed by atoms with van der Waals surface area (Å²) in [7, 11) is 3.63. The molecule has 5 nitrogen and oxygen atoms in total. The average molecular weight is 184 g/mol. The van der Waals surface area contributed by atoms with Crippen LogP contribution in [-0.2, 0) is 24.8 Å². The summed E-state index contributed by atoms with van der Waals surface area (Å²) in [6.07, 6.45) is 1.85. The largest absolute Gasteiger partial charge is 0.385 e. The topological polar surface area (TPSA) is 66.0 Å². The summed E-state index contributed by atoms with van der Waals surface area (Å²) >= 11 is 0. The van der Waals surface area contributed by atoms with Crippen LogP contribution in [0, 0.1) is 0 Å². The van der Waals surface area contributed by atoms with Gasteiger partial charge < -0.3 is 15.0 Å². The molecular formula is C8H16N4O. The van der Waals surface area contributed by atoms with Crippen LogP contribution in [0.15, 0.2) is 0 Å². The van der Waals surface area contributed by atoms with Crippen LogP contribution in [0.25, 0.3) is 0 Å². The van der Waals surface area contributed by atoms with E-state index < -0.39 is 0 Å². The molecule has 0 radical (unpaired) electrons. The maximum atomic E-state index is 5.47. The number of aryl methyl sites for hydroxylation is 1. The molecule has 1 heterocycles. The van der Waals surface area contributed by atoms with Crippen LogP contribution < -0.4 is 5.73 Å². The Bertz CT molecular complexity index is 259. The highest BCUT2D eigenvalue weighted by Gasteiger charge is 2.05. The fourth-order valence-electron chi connectivity index (χ4n) is 1.17. The van der Waals surface area contributed by atoms with Gasteiger partial charge in [-0.2, -0.15) is 0 Å². The van der Waals surface area contributed by atoms with E-state index in [2.05, 4.69) is 10.2 Å². The molecule has 2 N–H and O–H groups in total. The molecule has 0 atom stereocenters. The summed E-state index contributed by atoms with van der Waals surface area (Å²) in [4.78, 5) is 0. The lowest BCUT2D eigenvalue weighted by Gasteiger charge is -2.01. The second-order valence-electron chi connectivity index (χ2n) is 2.89. The van der Waals surface area contributed by atoms with Gasteiger partial charge in [-0.25, -0.2) is 0 Å². The van der Waals surface area contributed by atoms with Crippen molar-refractivity contribution in [3.63, 3.8) is 0 Å². The molecule has 1 rings (SSSR count). The van der Waals surface area contributed by atoms with Crippen LogP contribution in [0.3, 0.4) is 0 Å². The molecule has 5 heteroatoms. The van der Waals surface area contributed by atoms with Gasteiger partial charge in [0.05, 0.1) is 6.54 Å². The Hall–Kier alpha value is -0.940. The molecule has 0 unspecified atom stereocenters. The summed E-state index contributed by atoms with van der Waals surface area (Å²) < 4.78 is 6.89. The summed E-state index contributed by atoms with van der Waals surface area (Å²) in [6.45, 7) is 1.19. The summed E-state index contributed by atoms with van der Waals surface area (Å²) in [5.74, 6) is 1.80. The zero-order chi connectivity index (χ0) is 9.68. The van der Waals surface area contributed by atoms with E-state index in [1.54, 1.807) is 7.11 Å². The third-order valence-corrected chi connectivity index (χ3v) is 1.99. The molecule has 74 valence electrons. The molecular weight excluding hydrogens is 168 g/mol. The number of methoxy groups -OCH3 is 1. The Labute approximate surface area is 77.9 Å². The lowest BCUT2D eigenvalue weighted by atomic mass is 10.3. The SMILES string of the molecule is COCCCc1nnc(CN)n1C. The van der Waals surface area contributed by atoms with Crippen molar-refractivity contribution < 1.29 is 4.74 Å². The van der Waals surface area contributed by atoms with E-state index in [1.165, 1.54) is 0 Å². The van der Waals surface area contributed by atoms with E-state index in [-0.39, 0.29) is 0 Å². The maximum absolute atomic E-state index is 5.47. The van der Waals surface area contributed by atoms with Crippen LogP contribution in [0.2, 0.25) is 0 Å². The number of hydrogen-bond acceptors (Lipinski definition) is 4. The molecule has 0 saturated heterocycles. The Morgan fingerprint density at radius 2 is 2.08 bits per heavy atom. The zero-order valence-electron chi connectivity index (χ0n) is 8.16. The summed E-state index contributed by atoms with van der Waals surface area (Å²) in [5, 5.41) is 8.00. The van der Waals surface area contributed by atoms with Crippen molar-refractivity contribution in [1.82, 2.24) is 14.8 Å². The first-order valence-electron chi connectivity index (χ1n) is 4.35. The van der Waals surface area contributed by atoms with Gasteiger partial charge in [-0.05, 0) is 6.42 Å². The minimum absolute atomic E-state index is 0.438. The van der Waals surface area contributed by atoms with Crippen molar-refractivity contribution in [1.29, 1.82) is 0 Å². The van der Waals surface area contributed by atoms with Gasteiger partial charge in [-0.3, -0.25) is 0 Å². The lowest BCUT2D eigenvalue weighted by Crippen LogP contribution is -2.07. The molecule has 0 aliphatic carbocycles. The lowest BCUT2D eigenvalue weighted by molar-refractivity contribution is 0.194. The Morgan fingerprint density at radius 1 is 1.38 bits per heavy atom. The van der Waals surface area contributed by atoms with Crippen LogP contribution in [0.4, 0.5) is 0 Å². The smallest absolute Gasteiger partial charge is 0.146 e. The number of aromatic nitrogens is 3. The summed E-state index contributed by atoms with van der Waals surface area (Å²) in [6, 6.07) is 0. The predicted octanol–water partition coefficient (Wildman–Crippen LogP) is -0.147. The molecule has 0 bridgehead atoms. The number of ether oxygens (including phenoxy) is 1. The van der Waals surface area contributed by atoms with Crippen LogP contribution in [0.5, 0.6) is 0 Å². The molecule has 1 aromatic heterocycles. The molecule has 0 fully saturated rings. The fourth-order valence-corrected chi connectivity index (χ4v) is 1.17. The highest BCUT2D eigenvalue weighted by Crippen LogP contribution is 2.01. The van der Waals surface area contributed by atoms with Crippen LogP contribution in [0.1, 0.15) is 18.1 Å². The van der Waals surface area contributed by atoms with Crippen molar-refractivity contribution in [2.45, 2.75) is 19.4 Å². The molecule has 13 heavy (non-hydrogen) atoms. The van der Waals surface area contributed by atoms with Crippen molar-refractivity contribution in [2.75, 3.05) is 13.7 Å². The molecule has 0 amide bonds. The minimum Gasteiger partial charge on any atom is -0.385 e. The quantitative estimate of drug-likeness (QED) is 0.646. The van der Waals surface area contributed by atoms with Gasteiger partial charge in [0.15, 0.2) is 0 Å². The molecule has 0 spiro atoms. The molecule has 0 aliphatic heterocycles. The Morgan fingerprint density at radius 3 is 2.62 bits per heavy atom. The molecule has 0 aromatic carbocycles. The average Bonchev–Trinajstić information content (AvgIpc) is 2.48. The van der Waals surface area contributed by atoms with Gasteiger partial charge in [-0.15, -0.1) is 10.2 Å². The van der Waals surface area contributed by atoms with E-state index >= 15 is 0 Å². The highest BCUT2D eigenvalue weighted by molar-refractivity contribution is 4.94. The van der Waals surface area contributed by atoms with Gasteiger partial charge in [0.2, 0.25) is 0 Å². The third kappa shape index (κ3) is 2.50. The number of nitrogens with zero attached hydrogens (tertiary/aromatic N) is 3.